The number of para-hydroxylation sites is 1. The molecule has 63 valence electrons. The molecular formula is C9H7CoNO. The zero-order chi connectivity index (χ0) is 7.68. The first kappa shape index (κ1) is 9.03. The van der Waals surface area contributed by atoms with E-state index in [2.05, 4.69) is 4.98 Å². The van der Waals surface area contributed by atoms with Gasteiger partial charge in [-0.15, -0.1) is 0 Å². The largest absolute Gasteiger partial charge is 0.506 e. The number of fused-ring (bicyclic) bond motifs is 1. The normalized spacial score (nSPS) is 9.33. The van der Waals surface area contributed by atoms with E-state index in [1.807, 2.05) is 18.2 Å². The molecular weight excluding hydrogens is 197 g/mol. The zero-order valence-corrected chi connectivity index (χ0v) is 7.23. The summed E-state index contributed by atoms with van der Waals surface area (Å²) in [5.74, 6) is 0.239. The number of aromatic nitrogens is 1. The van der Waals surface area contributed by atoms with Crippen LogP contribution in [0.4, 0.5) is 0 Å². The van der Waals surface area contributed by atoms with Crippen LogP contribution in [0.1, 0.15) is 0 Å². The van der Waals surface area contributed by atoms with Crippen LogP contribution < -0.4 is 0 Å². The summed E-state index contributed by atoms with van der Waals surface area (Å²) in [6.45, 7) is 0. The second kappa shape index (κ2) is 3.56. The molecule has 1 N–H and O–H groups in total. The quantitative estimate of drug-likeness (QED) is 0.711. The van der Waals surface area contributed by atoms with Crippen LogP contribution in [0.15, 0.2) is 36.5 Å². The molecule has 0 saturated carbocycles. The molecule has 0 unspecified atom stereocenters. The van der Waals surface area contributed by atoms with Crippen LogP contribution >= 0.6 is 0 Å². The van der Waals surface area contributed by atoms with E-state index in [4.69, 9.17) is 0 Å². The third kappa shape index (κ3) is 1.42. The number of aromatic hydroxyl groups is 1. The first-order valence-corrected chi connectivity index (χ1v) is 3.40. The summed E-state index contributed by atoms with van der Waals surface area (Å²) in [5, 5.41) is 10.3. The Morgan fingerprint density at radius 3 is 2.58 bits per heavy atom. The van der Waals surface area contributed by atoms with Gasteiger partial charge in [0.1, 0.15) is 11.3 Å². The summed E-state index contributed by atoms with van der Waals surface area (Å²) in [6, 6.07) is 9.13. The number of pyridine rings is 1. The molecule has 1 heterocycles. The topological polar surface area (TPSA) is 33.1 Å². The molecule has 1 aromatic heterocycles. The van der Waals surface area contributed by atoms with Crippen LogP contribution in [-0.2, 0) is 16.8 Å². The van der Waals surface area contributed by atoms with Crippen molar-refractivity contribution >= 4 is 10.9 Å². The van der Waals surface area contributed by atoms with Gasteiger partial charge in [-0.05, 0) is 12.1 Å². The van der Waals surface area contributed by atoms with E-state index in [9.17, 15) is 5.11 Å². The van der Waals surface area contributed by atoms with Crippen LogP contribution in [-0.4, -0.2) is 10.1 Å². The Hall–Kier alpha value is -1.06. The standard InChI is InChI=1S/C9H7NO.Co/c11-8-5-1-3-7-4-2-6-10-9(7)8;/h1-6,11H;. The van der Waals surface area contributed by atoms with Gasteiger partial charge in [0.05, 0.1) is 0 Å². The smallest absolute Gasteiger partial charge is 0.141 e. The van der Waals surface area contributed by atoms with Crippen LogP contribution in [0.2, 0.25) is 0 Å². The average molecular weight is 204 g/mol. The number of nitrogens with zero attached hydrogens (tertiary/aromatic N) is 1. The van der Waals surface area contributed by atoms with Gasteiger partial charge in [0.15, 0.2) is 0 Å². The third-order valence-corrected chi connectivity index (χ3v) is 1.61. The van der Waals surface area contributed by atoms with E-state index in [0.717, 1.165) is 5.39 Å². The van der Waals surface area contributed by atoms with Gasteiger partial charge in [-0.3, -0.25) is 4.98 Å². The molecule has 1 aromatic carbocycles. The van der Waals surface area contributed by atoms with Crippen molar-refractivity contribution in [1.29, 1.82) is 0 Å². The molecule has 0 amide bonds. The molecule has 0 aliphatic carbocycles. The van der Waals surface area contributed by atoms with Gasteiger partial charge >= 0.3 is 0 Å². The maximum atomic E-state index is 9.31. The molecule has 0 aliphatic heterocycles. The van der Waals surface area contributed by atoms with Gasteiger partial charge in [0, 0.05) is 28.4 Å². The summed E-state index contributed by atoms with van der Waals surface area (Å²) in [4.78, 5) is 4.03. The predicted molar refractivity (Wildman–Crippen MR) is 43.4 cm³/mol. The van der Waals surface area contributed by atoms with Crippen LogP contribution in [0.5, 0.6) is 5.75 Å². The van der Waals surface area contributed by atoms with Gasteiger partial charge in [-0.25, -0.2) is 0 Å². The predicted octanol–water partition coefficient (Wildman–Crippen LogP) is 1.94. The fourth-order valence-electron chi connectivity index (χ4n) is 1.09. The van der Waals surface area contributed by atoms with Crippen molar-refractivity contribution in [2.75, 3.05) is 0 Å². The Kier molecular flexibility index (Phi) is 2.68. The molecule has 0 spiro atoms. The van der Waals surface area contributed by atoms with Crippen molar-refractivity contribution in [2.24, 2.45) is 0 Å². The van der Waals surface area contributed by atoms with Gasteiger partial charge < -0.3 is 5.11 Å². The Bertz CT molecular complexity index is 384. The third-order valence-electron chi connectivity index (χ3n) is 1.61. The van der Waals surface area contributed by atoms with Gasteiger partial charge in [-0.2, -0.15) is 0 Å². The molecule has 2 aromatic rings. The first-order valence-electron chi connectivity index (χ1n) is 3.40. The number of phenolic OH excluding ortho intramolecular Hbond substituents is 1. The Labute approximate surface area is 80.4 Å². The summed E-state index contributed by atoms with van der Waals surface area (Å²) >= 11 is 0. The minimum absolute atomic E-state index is 0. The monoisotopic (exact) mass is 204 g/mol. The molecule has 12 heavy (non-hydrogen) atoms. The summed E-state index contributed by atoms with van der Waals surface area (Å²) in [7, 11) is 0. The SMILES string of the molecule is Oc1cccc2cccnc12.[Co]. The molecule has 0 saturated heterocycles. The van der Waals surface area contributed by atoms with E-state index in [-0.39, 0.29) is 22.5 Å². The molecule has 0 bridgehead atoms. The van der Waals surface area contributed by atoms with E-state index >= 15 is 0 Å². The molecule has 1 radical (unpaired) electrons. The molecule has 2 rings (SSSR count). The van der Waals surface area contributed by atoms with Gasteiger partial charge in [-0.1, -0.05) is 18.2 Å². The van der Waals surface area contributed by atoms with Crippen LogP contribution in [0.3, 0.4) is 0 Å². The summed E-state index contributed by atoms with van der Waals surface area (Å²) in [6.07, 6.45) is 1.67. The van der Waals surface area contributed by atoms with Crippen molar-refractivity contribution < 1.29 is 21.9 Å². The maximum absolute atomic E-state index is 9.31. The molecule has 2 nitrogen and oxygen atoms in total. The van der Waals surface area contributed by atoms with E-state index in [0.29, 0.717) is 5.52 Å². The van der Waals surface area contributed by atoms with Crippen molar-refractivity contribution in [2.45, 2.75) is 0 Å². The van der Waals surface area contributed by atoms with E-state index < -0.39 is 0 Å². The van der Waals surface area contributed by atoms with Gasteiger partial charge in [0.25, 0.3) is 0 Å². The Morgan fingerprint density at radius 1 is 1.08 bits per heavy atom. The number of rotatable bonds is 0. The molecule has 0 atom stereocenters. The van der Waals surface area contributed by atoms with E-state index in [1.54, 1.807) is 18.3 Å². The average Bonchev–Trinajstić information content (AvgIpc) is 2.06. The molecule has 3 heteroatoms. The fraction of sp³-hybridized carbons (Fsp3) is 0. The number of hydrogen-bond acceptors (Lipinski definition) is 2. The first-order chi connectivity index (χ1) is 5.38. The summed E-state index contributed by atoms with van der Waals surface area (Å²) in [5.41, 5.74) is 0.662. The molecule has 0 aliphatic rings. The van der Waals surface area contributed by atoms with Crippen molar-refractivity contribution in [3.63, 3.8) is 0 Å². The number of hydrogen-bond donors (Lipinski definition) is 1. The zero-order valence-electron chi connectivity index (χ0n) is 6.19. The van der Waals surface area contributed by atoms with Crippen molar-refractivity contribution in [3.05, 3.63) is 36.5 Å². The maximum Gasteiger partial charge on any atom is 0.141 e. The minimum atomic E-state index is 0. The van der Waals surface area contributed by atoms with Crippen molar-refractivity contribution in [3.8, 4) is 5.75 Å². The Morgan fingerprint density at radius 2 is 1.83 bits per heavy atom. The van der Waals surface area contributed by atoms with Crippen molar-refractivity contribution in [1.82, 2.24) is 4.98 Å². The van der Waals surface area contributed by atoms with Gasteiger partial charge in [0.2, 0.25) is 0 Å². The van der Waals surface area contributed by atoms with E-state index in [1.165, 1.54) is 0 Å². The fourth-order valence-corrected chi connectivity index (χ4v) is 1.09. The second-order valence-corrected chi connectivity index (χ2v) is 2.35. The summed E-state index contributed by atoms with van der Waals surface area (Å²) < 4.78 is 0. The second-order valence-electron chi connectivity index (χ2n) is 2.35. The minimum Gasteiger partial charge on any atom is -0.506 e. The Balaban J connectivity index is 0.000000720. The van der Waals surface area contributed by atoms with Crippen LogP contribution in [0.25, 0.3) is 10.9 Å². The number of benzene rings is 1. The molecule has 0 fully saturated rings. The van der Waals surface area contributed by atoms with Crippen LogP contribution in [0, 0.1) is 0 Å². The number of phenols is 1.